The van der Waals surface area contributed by atoms with Crippen molar-refractivity contribution in [3.05, 3.63) is 26.9 Å². The van der Waals surface area contributed by atoms with E-state index in [9.17, 15) is 24.9 Å². The van der Waals surface area contributed by atoms with Crippen molar-refractivity contribution in [3.8, 4) is 0 Å². The number of aliphatic hydroxyl groups is 4. The molecule has 1 saturated heterocycles. The van der Waals surface area contributed by atoms with Crippen LogP contribution >= 0.6 is 12.2 Å². The van der Waals surface area contributed by atoms with Crippen LogP contribution in [-0.4, -0.2) is 79.2 Å². The molecule has 0 aliphatic carbocycles. The van der Waals surface area contributed by atoms with Gasteiger partial charge in [0.15, 0.2) is 10.5 Å². The van der Waals surface area contributed by atoms with E-state index in [-0.39, 0.29) is 11.3 Å². The van der Waals surface area contributed by atoms with E-state index in [1.807, 2.05) is 0 Å². The van der Waals surface area contributed by atoms with Crippen LogP contribution < -0.4 is 10.9 Å². The molecule has 24 heavy (non-hydrogen) atoms. The number of aliphatic hydroxyl groups excluding tert-OH is 4. The van der Waals surface area contributed by atoms with E-state index in [1.54, 1.807) is 0 Å². The van der Waals surface area contributed by atoms with Crippen molar-refractivity contribution in [3.63, 3.8) is 0 Å². The summed E-state index contributed by atoms with van der Waals surface area (Å²) in [6.07, 6.45) is -3.44. The fourth-order valence-electron chi connectivity index (χ4n) is 2.59. The lowest BCUT2D eigenvalue weighted by Crippen LogP contribution is -2.53. The lowest BCUT2D eigenvalue weighted by molar-refractivity contribution is -0.148. The minimum atomic E-state index is -1.85. The number of hydrogen-bond donors (Lipinski definition) is 7. The summed E-state index contributed by atoms with van der Waals surface area (Å²) in [6.45, 7) is -1.43. The number of aromatic nitrogens is 2. The predicted molar refractivity (Wildman–Crippen MR) is 79.9 cm³/mol. The molecule has 0 radical (unpaired) electrons. The SMILES string of the molecule is O=C(O)c1cn([C@]2(CNCO)O[C@H](CO)[C@@H](O)[C@H]2O)c(=S)[nH]c1=O. The molecule has 0 spiro atoms. The minimum absolute atomic E-state index is 0.269. The summed E-state index contributed by atoms with van der Waals surface area (Å²) in [5.41, 5.74) is -3.45. The lowest BCUT2D eigenvalue weighted by Gasteiger charge is -2.34. The summed E-state index contributed by atoms with van der Waals surface area (Å²) >= 11 is 5.00. The monoisotopic (exact) mass is 363 g/mol. The second kappa shape index (κ2) is 7.06. The molecule has 1 aromatic heterocycles. The second-order valence-electron chi connectivity index (χ2n) is 5.18. The number of aromatic amines is 1. The number of aromatic carboxylic acids is 1. The van der Waals surface area contributed by atoms with Gasteiger partial charge in [0.2, 0.25) is 0 Å². The molecule has 2 heterocycles. The summed E-state index contributed by atoms with van der Waals surface area (Å²) in [5.74, 6) is -1.53. The van der Waals surface area contributed by atoms with Crippen molar-refractivity contribution in [1.29, 1.82) is 0 Å². The maximum atomic E-state index is 11.7. The van der Waals surface area contributed by atoms with Gasteiger partial charge in [0.1, 0.15) is 23.9 Å². The van der Waals surface area contributed by atoms with E-state index in [1.165, 1.54) is 0 Å². The predicted octanol–water partition coefficient (Wildman–Crippen LogP) is -3.09. The van der Waals surface area contributed by atoms with Gasteiger partial charge < -0.3 is 30.3 Å². The van der Waals surface area contributed by atoms with Crippen LogP contribution in [0.2, 0.25) is 0 Å². The molecule has 4 atom stereocenters. The van der Waals surface area contributed by atoms with Crippen LogP contribution in [0.4, 0.5) is 0 Å². The van der Waals surface area contributed by atoms with Gasteiger partial charge in [-0.2, -0.15) is 0 Å². The highest BCUT2D eigenvalue weighted by Crippen LogP contribution is 2.35. The van der Waals surface area contributed by atoms with Crippen molar-refractivity contribution in [1.82, 2.24) is 14.9 Å². The molecule has 11 nitrogen and oxygen atoms in total. The third-order valence-electron chi connectivity index (χ3n) is 3.77. The Morgan fingerprint density at radius 2 is 2.12 bits per heavy atom. The molecule has 134 valence electrons. The van der Waals surface area contributed by atoms with Crippen LogP contribution in [-0.2, 0) is 10.5 Å². The van der Waals surface area contributed by atoms with E-state index in [2.05, 4.69) is 10.3 Å². The normalized spacial score (nSPS) is 29.8. The Labute approximate surface area is 139 Å². The third kappa shape index (κ3) is 3.00. The first kappa shape index (κ1) is 18.7. The van der Waals surface area contributed by atoms with Crippen LogP contribution in [0.5, 0.6) is 0 Å². The number of nitrogens with one attached hydrogen (secondary N) is 2. The Kier molecular flexibility index (Phi) is 5.49. The number of nitrogens with zero attached hydrogens (tertiary/aromatic N) is 1. The quantitative estimate of drug-likeness (QED) is 0.202. The minimum Gasteiger partial charge on any atom is -0.477 e. The standard InChI is InChI=1S/C12H17N3O8S/c16-2-6-7(18)8(19)12(23-6,3-13-4-17)15-1-5(10(21)22)9(20)14-11(15)24/h1,6-8,13,16-19H,2-4H2,(H,21,22)(H,14,20,24)/t6-,7-,8-,12-/m1/s1. The summed E-state index contributed by atoms with van der Waals surface area (Å²) in [6, 6.07) is 0. The third-order valence-corrected chi connectivity index (χ3v) is 4.07. The number of hydrogen-bond acceptors (Lipinski definition) is 9. The highest BCUT2D eigenvalue weighted by molar-refractivity contribution is 7.71. The fourth-order valence-corrected chi connectivity index (χ4v) is 2.89. The molecule has 0 unspecified atom stereocenters. The molecule has 1 aliphatic rings. The Hall–Kier alpha value is -1.67. The number of carboxylic acids is 1. The van der Waals surface area contributed by atoms with Gasteiger partial charge in [0.05, 0.1) is 13.3 Å². The lowest BCUT2D eigenvalue weighted by atomic mass is 10.0. The molecule has 0 saturated carbocycles. The number of ether oxygens (including phenoxy) is 1. The molecular formula is C12H17N3O8S. The van der Waals surface area contributed by atoms with Crippen LogP contribution in [0.3, 0.4) is 0 Å². The number of carboxylic acid groups (broad SMARTS) is 1. The molecule has 2 rings (SSSR count). The zero-order valence-corrected chi connectivity index (χ0v) is 13.1. The number of rotatable bonds is 6. The molecule has 1 aromatic rings. The average Bonchev–Trinajstić information content (AvgIpc) is 2.78. The zero-order chi connectivity index (χ0) is 18.1. The van der Waals surface area contributed by atoms with E-state index >= 15 is 0 Å². The van der Waals surface area contributed by atoms with E-state index in [4.69, 9.17) is 27.2 Å². The van der Waals surface area contributed by atoms with E-state index in [0.717, 1.165) is 10.8 Å². The maximum Gasteiger partial charge on any atom is 0.342 e. The molecule has 0 amide bonds. The van der Waals surface area contributed by atoms with Crippen molar-refractivity contribution in [2.45, 2.75) is 24.0 Å². The summed E-state index contributed by atoms with van der Waals surface area (Å²) in [7, 11) is 0. The second-order valence-corrected chi connectivity index (χ2v) is 5.57. The fraction of sp³-hybridized carbons (Fsp3) is 0.583. The first-order valence-electron chi connectivity index (χ1n) is 6.84. The van der Waals surface area contributed by atoms with Crippen molar-refractivity contribution >= 4 is 18.2 Å². The van der Waals surface area contributed by atoms with Crippen LogP contribution in [0.15, 0.2) is 11.0 Å². The molecule has 0 aromatic carbocycles. The van der Waals surface area contributed by atoms with E-state index in [0.29, 0.717) is 0 Å². The molecule has 0 bridgehead atoms. The van der Waals surface area contributed by atoms with E-state index < -0.39 is 54.5 Å². The maximum absolute atomic E-state index is 11.7. The van der Waals surface area contributed by atoms with Crippen molar-refractivity contribution in [2.24, 2.45) is 0 Å². The Morgan fingerprint density at radius 1 is 1.46 bits per heavy atom. The van der Waals surface area contributed by atoms with Crippen molar-refractivity contribution in [2.75, 3.05) is 19.9 Å². The Bertz CT molecular complexity index is 734. The first-order valence-corrected chi connectivity index (χ1v) is 7.25. The van der Waals surface area contributed by atoms with Crippen LogP contribution in [0, 0.1) is 4.77 Å². The van der Waals surface area contributed by atoms with Gasteiger partial charge in [-0.05, 0) is 12.2 Å². The molecule has 7 N–H and O–H groups in total. The van der Waals surface area contributed by atoms with Gasteiger partial charge in [0, 0.05) is 12.7 Å². The van der Waals surface area contributed by atoms with Gasteiger partial charge in [-0.15, -0.1) is 0 Å². The first-order chi connectivity index (χ1) is 11.3. The summed E-state index contributed by atoms with van der Waals surface area (Å²) < 4.78 is 6.23. The molecule has 12 heteroatoms. The average molecular weight is 363 g/mol. The highest BCUT2D eigenvalue weighted by Gasteiger charge is 2.55. The molecular weight excluding hydrogens is 346 g/mol. The van der Waals surface area contributed by atoms with Gasteiger partial charge in [-0.3, -0.25) is 19.7 Å². The van der Waals surface area contributed by atoms with Gasteiger partial charge >= 0.3 is 5.97 Å². The van der Waals surface area contributed by atoms with Gasteiger partial charge in [0.25, 0.3) is 5.56 Å². The number of carbonyl (C=O) groups is 1. The molecule has 1 aliphatic heterocycles. The summed E-state index contributed by atoms with van der Waals surface area (Å²) in [4.78, 5) is 25.0. The Morgan fingerprint density at radius 3 is 2.62 bits per heavy atom. The summed E-state index contributed by atoms with van der Waals surface area (Å²) in [5, 5.41) is 50.2. The van der Waals surface area contributed by atoms with Gasteiger partial charge in [-0.1, -0.05) is 0 Å². The topological polar surface area (TPSA) is 177 Å². The van der Waals surface area contributed by atoms with Crippen molar-refractivity contribution < 1.29 is 35.1 Å². The number of H-pyrrole nitrogens is 1. The smallest absolute Gasteiger partial charge is 0.342 e. The van der Waals surface area contributed by atoms with Crippen LogP contribution in [0.25, 0.3) is 0 Å². The highest BCUT2D eigenvalue weighted by atomic mass is 32.1. The largest absolute Gasteiger partial charge is 0.477 e. The Balaban J connectivity index is 2.66. The molecule has 1 fully saturated rings. The van der Waals surface area contributed by atoms with Gasteiger partial charge in [-0.25, -0.2) is 4.79 Å². The van der Waals surface area contributed by atoms with Crippen LogP contribution in [0.1, 0.15) is 10.4 Å². The zero-order valence-electron chi connectivity index (χ0n) is 12.2.